The summed E-state index contributed by atoms with van der Waals surface area (Å²) < 4.78 is 10.9. The average Bonchev–Trinajstić information content (AvgIpc) is 2.47. The Labute approximate surface area is 124 Å². The largest absolute Gasteiger partial charge is 0.497 e. The lowest BCUT2D eigenvalue weighted by Gasteiger charge is -2.16. The molecule has 1 unspecified atom stereocenters. The first-order valence-corrected chi connectivity index (χ1v) is 6.85. The van der Waals surface area contributed by atoms with Gasteiger partial charge in [0, 0.05) is 10.7 Å². The lowest BCUT2D eigenvalue weighted by Crippen LogP contribution is -2.22. The third-order valence-electron chi connectivity index (χ3n) is 2.83. The van der Waals surface area contributed by atoms with Gasteiger partial charge in [0.2, 0.25) is 0 Å². The molecule has 1 atom stereocenters. The normalized spacial score (nSPS) is 11.8. The van der Waals surface area contributed by atoms with Crippen LogP contribution in [0.25, 0.3) is 0 Å². The van der Waals surface area contributed by atoms with Gasteiger partial charge in [0.1, 0.15) is 17.6 Å². The highest BCUT2D eigenvalue weighted by atomic mass is 35.5. The van der Waals surface area contributed by atoms with Gasteiger partial charge >= 0.3 is 0 Å². The van der Waals surface area contributed by atoms with Crippen molar-refractivity contribution in [1.29, 1.82) is 0 Å². The number of hydrogen-bond acceptors (Lipinski definition) is 3. The lowest BCUT2D eigenvalue weighted by molar-refractivity contribution is 0.234. The van der Waals surface area contributed by atoms with Crippen LogP contribution in [0.2, 0.25) is 5.02 Å². The van der Waals surface area contributed by atoms with E-state index >= 15 is 0 Å². The predicted molar refractivity (Wildman–Crippen MR) is 83.0 cm³/mol. The van der Waals surface area contributed by atoms with Crippen LogP contribution in [0.3, 0.4) is 0 Å². The molecule has 20 heavy (non-hydrogen) atoms. The Morgan fingerprint density at radius 2 is 1.60 bits per heavy atom. The summed E-state index contributed by atoms with van der Waals surface area (Å²) in [5, 5.41) is 4.04. The molecule has 0 aliphatic heterocycles. The lowest BCUT2D eigenvalue weighted by atomic mass is 10.3. The summed E-state index contributed by atoms with van der Waals surface area (Å²) in [7, 11) is 1.65. The maximum Gasteiger partial charge on any atom is 0.120 e. The van der Waals surface area contributed by atoms with Crippen LogP contribution in [0.4, 0.5) is 5.69 Å². The van der Waals surface area contributed by atoms with Crippen LogP contribution in [0.15, 0.2) is 48.5 Å². The van der Waals surface area contributed by atoms with E-state index in [1.54, 1.807) is 7.11 Å². The van der Waals surface area contributed by atoms with Crippen LogP contribution in [0.1, 0.15) is 6.92 Å². The first-order chi connectivity index (χ1) is 9.67. The molecule has 0 spiro atoms. The Bertz CT molecular complexity index is 525. The zero-order valence-electron chi connectivity index (χ0n) is 11.6. The van der Waals surface area contributed by atoms with Crippen molar-refractivity contribution < 1.29 is 9.47 Å². The number of benzene rings is 2. The number of ether oxygens (including phenoxy) is 2. The summed E-state index contributed by atoms with van der Waals surface area (Å²) in [6.07, 6.45) is 0.0547. The minimum atomic E-state index is 0.0547. The predicted octanol–water partition coefficient (Wildman–Crippen LogP) is 4.23. The zero-order valence-corrected chi connectivity index (χ0v) is 12.4. The maximum absolute atomic E-state index is 5.84. The molecule has 0 saturated carbocycles. The second kappa shape index (κ2) is 7.06. The van der Waals surface area contributed by atoms with Gasteiger partial charge in [-0.25, -0.2) is 0 Å². The van der Waals surface area contributed by atoms with Gasteiger partial charge in [-0.2, -0.15) is 0 Å². The molecule has 2 rings (SSSR count). The number of nitrogens with one attached hydrogen (secondary N) is 1. The number of hydrogen-bond donors (Lipinski definition) is 1. The topological polar surface area (TPSA) is 30.5 Å². The second-order valence-corrected chi connectivity index (χ2v) is 4.93. The minimum absolute atomic E-state index is 0.0547. The van der Waals surface area contributed by atoms with Crippen molar-refractivity contribution in [2.24, 2.45) is 0 Å². The summed E-state index contributed by atoms with van der Waals surface area (Å²) >= 11 is 5.84. The highest BCUT2D eigenvalue weighted by Crippen LogP contribution is 2.18. The van der Waals surface area contributed by atoms with Gasteiger partial charge in [-0.1, -0.05) is 11.6 Å². The second-order valence-electron chi connectivity index (χ2n) is 4.49. The van der Waals surface area contributed by atoms with Crippen molar-refractivity contribution in [1.82, 2.24) is 0 Å². The van der Waals surface area contributed by atoms with Gasteiger partial charge in [-0.3, -0.25) is 0 Å². The maximum atomic E-state index is 5.84. The summed E-state index contributed by atoms with van der Waals surface area (Å²) in [6, 6.07) is 15.2. The SMILES string of the molecule is COc1ccc(OC(C)CNc2ccc(Cl)cc2)cc1. The number of rotatable bonds is 6. The Hall–Kier alpha value is -1.87. The molecule has 0 fully saturated rings. The quantitative estimate of drug-likeness (QED) is 0.864. The Morgan fingerprint density at radius 3 is 2.20 bits per heavy atom. The van der Waals surface area contributed by atoms with Gasteiger partial charge < -0.3 is 14.8 Å². The van der Waals surface area contributed by atoms with Gasteiger partial charge in [0.15, 0.2) is 0 Å². The van der Waals surface area contributed by atoms with E-state index in [1.807, 2.05) is 55.5 Å². The Morgan fingerprint density at radius 1 is 1.00 bits per heavy atom. The molecule has 0 aromatic heterocycles. The van der Waals surface area contributed by atoms with Crippen molar-refractivity contribution in [2.75, 3.05) is 19.0 Å². The van der Waals surface area contributed by atoms with Crippen LogP contribution in [-0.2, 0) is 0 Å². The fourth-order valence-corrected chi connectivity index (χ4v) is 1.88. The molecule has 0 aliphatic carbocycles. The summed E-state index contributed by atoms with van der Waals surface area (Å²) in [5.74, 6) is 1.65. The first-order valence-electron chi connectivity index (χ1n) is 6.47. The van der Waals surface area contributed by atoms with Gasteiger partial charge in [0.25, 0.3) is 0 Å². The number of methoxy groups -OCH3 is 1. The van der Waals surface area contributed by atoms with Crippen LogP contribution >= 0.6 is 11.6 Å². The van der Waals surface area contributed by atoms with Gasteiger partial charge in [-0.15, -0.1) is 0 Å². The molecule has 3 nitrogen and oxygen atoms in total. The highest BCUT2D eigenvalue weighted by Gasteiger charge is 2.04. The van der Waals surface area contributed by atoms with E-state index in [0.717, 1.165) is 22.2 Å². The third-order valence-corrected chi connectivity index (χ3v) is 3.09. The Balaban J connectivity index is 1.82. The smallest absolute Gasteiger partial charge is 0.120 e. The molecule has 0 bridgehead atoms. The monoisotopic (exact) mass is 291 g/mol. The van der Waals surface area contributed by atoms with Gasteiger partial charge in [-0.05, 0) is 55.5 Å². The molecular formula is C16H18ClNO2. The third kappa shape index (κ3) is 4.35. The highest BCUT2D eigenvalue weighted by molar-refractivity contribution is 6.30. The summed E-state index contributed by atoms with van der Waals surface area (Å²) in [6.45, 7) is 2.74. The standard InChI is InChI=1S/C16H18ClNO2/c1-12(11-18-14-5-3-13(17)4-6-14)20-16-9-7-15(19-2)8-10-16/h3-10,12,18H,11H2,1-2H3. The van der Waals surface area contributed by atoms with Crippen LogP contribution in [-0.4, -0.2) is 19.8 Å². The Kier molecular flexibility index (Phi) is 5.13. The zero-order chi connectivity index (χ0) is 14.4. The van der Waals surface area contributed by atoms with Crippen molar-refractivity contribution in [3.63, 3.8) is 0 Å². The van der Waals surface area contributed by atoms with Gasteiger partial charge in [0.05, 0.1) is 13.7 Å². The molecule has 0 radical (unpaired) electrons. The van der Waals surface area contributed by atoms with Crippen molar-refractivity contribution >= 4 is 17.3 Å². The van der Waals surface area contributed by atoms with Crippen molar-refractivity contribution in [2.45, 2.75) is 13.0 Å². The van der Waals surface area contributed by atoms with E-state index in [-0.39, 0.29) is 6.10 Å². The number of halogens is 1. The summed E-state index contributed by atoms with van der Waals surface area (Å²) in [4.78, 5) is 0. The molecule has 2 aromatic carbocycles. The first kappa shape index (κ1) is 14.5. The van der Waals surface area contributed by atoms with E-state index in [9.17, 15) is 0 Å². The molecular weight excluding hydrogens is 274 g/mol. The van der Waals surface area contributed by atoms with Crippen LogP contribution < -0.4 is 14.8 Å². The molecule has 106 valence electrons. The van der Waals surface area contributed by atoms with E-state index < -0.39 is 0 Å². The molecule has 2 aromatic rings. The number of anilines is 1. The molecule has 0 saturated heterocycles. The molecule has 0 amide bonds. The molecule has 0 aliphatic rings. The molecule has 4 heteroatoms. The molecule has 0 heterocycles. The average molecular weight is 292 g/mol. The molecule has 1 N–H and O–H groups in total. The van der Waals surface area contributed by atoms with Crippen LogP contribution in [0.5, 0.6) is 11.5 Å². The van der Waals surface area contributed by atoms with Crippen LogP contribution in [0, 0.1) is 0 Å². The van der Waals surface area contributed by atoms with Crippen molar-refractivity contribution in [3.05, 3.63) is 53.6 Å². The summed E-state index contributed by atoms with van der Waals surface area (Å²) in [5.41, 5.74) is 1.03. The van der Waals surface area contributed by atoms with E-state index in [2.05, 4.69) is 5.32 Å². The van der Waals surface area contributed by atoms with E-state index in [0.29, 0.717) is 6.54 Å². The van der Waals surface area contributed by atoms with E-state index in [1.165, 1.54) is 0 Å². The fraction of sp³-hybridized carbons (Fsp3) is 0.250. The van der Waals surface area contributed by atoms with Crippen molar-refractivity contribution in [3.8, 4) is 11.5 Å². The minimum Gasteiger partial charge on any atom is -0.497 e. The fourth-order valence-electron chi connectivity index (χ4n) is 1.76. The van der Waals surface area contributed by atoms with E-state index in [4.69, 9.17) is 21.1 Å².